The number of nitrogens with zero attached hydrogens (tertiary/aromatic N) is 1. The summed E-state index contributed by atoms with van der Waals surface area (Å²) in [5.74, 6) is -0.791. The maximum absolute atomic E-state index is 13.0. The Balaban J connectivity index is 1.48. The molecular weight excluding hydrogens is 597 g/mol. The number of rotatable bonds is 10. The lowest BCUT2D eigenvalue weighted by atomic mass is 9.62. The van der Waals surface area contributed by atoms with E-state index in [0.717, 1.165) is 43.4 Å². The second kappa shape index (κ2) is 12.6. The first-order chi connectivity index (χ1) is 18.3. The Morgan fingerprint density at radius 2 is 1.74 bits per heavy atom. The Bertz CT molecular complexity index is 1230. The molecule has 0 radical (unpaired) electrons. The highest BCUT2D eigenvalue weighted by molar-refractivity contribution is 9.12. The second-order valence-electron chi connectivity index (χ2n) is 9.35. The predicted molar refractivity (Wildman–Crippen MR) is 149 cm³/mol. The van der Waals surface area contributed by atoms with E-state index >= 15 is 0 Å². The average Bonchev–Trinajstić information content (AvgIpc) is 2.91. The van der Waals surface area contributed by atoms with Crippen molar-refractivity contribution in [1.82, 2.24) is 10.3 Å². The van der Waals surface area contributed by atoms with Gasteiger partial charge < -0.3 is 20.1 Å². The number of carbonyl (C=O) groups is 3. The standard InChI is InChI=1S/C27H28BrCl2N3O5/c1-37-11-12-38-26(36)20(33-23-22(28)24(34)27(23)9-3-2-4-10-27)13-16-5-7-17(8-6-16)32-25(35)21-18(29)14-31-15-19(21)30/h5-8,14-15,20,33H,2-4,9-13H2,1H3,(H,32,35)/t20-/m0/s1. The van der Waals surface area contributed by atoms with Crippen LogP contribution in [0.15, 0.2) is 46.8 Å². The molecule has 2 aliphatic carbocycles. The maximum Gasteiger partial charge on any atom is 0.328 e. The van der Waals surface area contributed by atoms with E-state index in [2.05, 4.69) is 31.5 Å². The molecule has 0 unspecified atom stereocenters. The van der Waals surface area contributed by atoms with Gasteiger partial charge in [0.25, 0.3) is 5.91 Å². The molecule has 0 bridgehead atoms. The fraction of sp³-hybridized carbons (Fsp3) is 0.407. The first-order valence-electron chi connectivity index (χ1n) is 12.3. The van der Waals surface area contributed by atoms with Crippen LogP contribution in [0, 0.1) is 5.41 Å². The Labute approximate surface area is 239 Å². The summed E-state index contributed by atoms with van der Waals surface area (Å²) in [6, 6.07) is 6.38. The van der Waals surface area contributed by atoms with Crippen LogP contribution in [0.5, 0.6) is 0 Å². The molecule has 2 aliphatic rings. The summed E-state index contributed by atoms with van der Waals surface area (Å²) < 4.78 is 10.9. The molecule has 2 N–H and O–H groups in total. The SMILES string of the molecule is COCCOC(=O)[C@H](Cc1ccc(NC(=O)c2c(Cl)cncc2Cl)cc1)NC1=C(Br)C(=O)C12CCCCC2. The van der Waals surface area contributed by atoms with E-state index in [1.807, 2.05) is 12.1 Å². The highest BCUT2D eigenvalue weighted by atomic mass is 79.9. The second-order valence-corrected chi connectivity index (χ2v) is 11.0. The number of ether oxygens (including phenoxy) is 2. The minimum atomic E-state index is -0.712. The summed E-state index contributed by atoms with van der Waals surface area (Å²) in [6.07, 6.45) is 7.62. The van der Waals surface area contributed by atoms with Gasteiger partial charge >= 0.3 is 5.97 Å². The Kier molecular flexibility index (Phi) is 9.46. The third-order valence-electron chi connectivity index (χ3n) is 6.91. The smallest absolute Gasteiger partial charge is 0.328 e. The number of methoxy groups -OCH3 is 1. The van der Waals surface area contributed by atoms with Crippen LogP contribution in [0.1, 0.15) is 48.0 Å². The molecule has 202 valence electrons. The molecule has 11 heteroatoms. The molecule has 1 saturated carbocycles. The van der Waals surface area contributed by atoms with Crippen molar-refractivity contribution in [3.05, 3.63) is 68.0 Å². The fourth-order valence-electron chi connectivity index (χ4n) is 4.89. The zero-order valence-corrected chi connectivity index (χ0v) is 23.9. The van der Waals surface area contributed by atoms with Crippen LogP contribution in [-0.4, -0.2) is 49.0 Å². The lowest BCUT2D eigenvalue weighted by Crippen LogP contribution is -2.53. The summed E-state index contributed by atoms with van der Waals surface area (Å²) in [5.41, 5.74) is 1.74. The van der Waals surface area contributed by atoms with E-state index < -0.39 is 23.3 Å². The summed E-state index contributed by atoms with van der Waals surface area (Å²) in [4.78, 5) is 42.4. The quantitative estimate of drug-likeness (QED) is 0.267. The molecule has 4 rings (SSSR count). The van der Waals surface area contributed by atoms with Gasteiger partial charge in [0, 0.05) is 37.3 Å². The van der Waals surface area contributed by atoms with Gasteiger partial charge in [-0.2, -0.15) is 0 Å². The Morgan fingerprint density at radius 3 is 2.37 bits per heavy atom. The van der Waals surface area contributed by atoms with Gasteiger partial charge in [0.15, 0.2) is 5.78 Å². The summed E-state index contributed by atoms with van der Waals surface area (Å²) in [7, 11) is 1.54. The van der Waals surface area contributed by atoms with Crippen molar-refractivity contribution in [2.24, 2.45) is 5.41 Å². The molecule has 1 aromatic heterocycles. The third-order valence-corrected chi connectivity index (χ3v) is 8.24. The van der Waals surface area contributed by atoms with E-state index in [9.17, 15) is 14.4 Å². The van der Waals surface area contributed by atoms with Crippen LogP contribution < -0.4 is 10.6 Å². The topological polar surface area (TPSA) is 107 Å². The van der Waals surface area contributed by atoms with E-state index in [0.29, 0.717) is 16.6 Å². The number of amides is 1. The Morgan fingerprint density at radius 1 is 1.08 bits per heavy atom. The van der Waals surface area contributed by atoms with Crippen molar-refractivity contribution in [3.63, 3.8) is 0 Å². The highest BCUT2D eigenvalue weighted by Gasteiger charge is 2.53. The number of pyridine rings is 1. The zero-order chi connectivity index (χ0) is 27.3. The zero-order valence-electron chi connectivity index (χ0n) is 20.8. The van der Waals surface area contributed by atoms with E-state index in [4.69, 9.17) is 32.7 Å². The number of halogens is 3. The van der Waals surface area contributed by atoms with Gasteiger partial charge in [-0.25, -0.2) is 4.79 Å². The van der Waals surface area contributed by atoms with Gasteiger partial charge in [0.05, 0.1) is 32.1 Å². The number of allylic oxidation sites excluding steroid dienone is 2. The van der Waals surface area contributed by atoms with Gasteiger partial charge in [-0.1, -0.05) is 54.6 Å². The molecule has 2 aromatic rings. The van der Waals surface area contributed by atoms with Crippen molar-refractivity contribution in [2.75, 3.05) is 25.6 Å². The third kappa shape index (κ3) is 6.06. The number of nitrogens with one attached hydrogen (secondary N) is 2. The minimum Gasteiger partial charge on any atom is -0.462 e. The molecule has 8 nitrogen and oxygen atoms in total. The van der Waals surface area contributed by atoms with Crippen LogP contribution in [0.4, 0.5) is 5.69 Å². The molecule has 0 saturated heterocycles. The number of carbonyl (C=O) groups excluding carboxylic acids is 3. The largest absolute Gasteiger partial charge is 0.462 e. The number of Topliss-reactive ketones (excluding diaryl/α,β-unsaturated/α-hetero) is 1. The Hall–Kier alpha value is -2.46. The monoisotopic (exact) mass is 623 g/mol. The lowest BCUT2D eigenvalue weighted by molar-refractivity contribution is -0.147. The molecular formula is C27H28BrCl2N3O5. The highest BCUT2D eigenvalue weighted by Crippen LogP contribution is 2.53. The first kappa shape index (κ1) is 28.5. The number of ketones is 1. The van der Waals surface area contributed by atoms with E-state index in [1.54, 1.807) is 12.1 Å². The van der Waals surface area contributed by atoms with Crippen molar-refractivity contribution in [2.45, 2.75) is 44.6 Å². The van der Waals surface area contributed by atoms with Gasteiger partial charge in [-0.3, -0.25) is 14.6 Å². The lowest BCUT2D eigenvalue weighted by Gasteiger charge is -2.46. The molecule has 38 heavy (non-hydrogen) atoms. The van der Waals surface area contributed by atoms with Crippen LogP contribution in [0.3, 0.4) is 0 Å². The first-order valence-corrected chi connectivity index (χ1v) is 13.9. The van der Waals surface area contributed by atoms with Crippen molar-refractivity contribution < 1.29 is 23.9 Å². The van der Waals surface area contributed by atoms with Crippen LogP contribution >= 0.6 is 39.1 Å². The summed E-state index contributed by atoms with van der Waals surface area (Å²) in [5, 5.41) is 6.41. The predicted octanol–water partition coefficient (Wildman–Crippen LogP) is 5.47. The molecule has 1 fully saturated rings. The number of esters is 1. The normalized spacial score (nSPS) is 17.1. The summed E-state index contributed by atoms with van der Waals surface area (Å²) >= 11 is 15.6. The number of aromatic nitrogens is 1. The molecule has 1 amide bonds. The molecule has 1 atom stereocenters. The van der Waals surface area contributed by atoms with Crippen LogP contribution in [0.25, 0.3) is 0 Å². The fourth-order valence-corrected chi connectivity index (χ4v) is 6.30. The molecule has 1 spiro atoms. The molecule has 1 heterocycles. The van der Waals surface area contributed by atoms with Crippen molar-refractivity contribution in [3.8, 4) is 0 Å². The van der Waals surface area contributed by atoms with Crippen LogP contribution in [0.2, 0.25) is 10.0 Å². The molecule has 0 aliphatic heterocycles. The van der Waals surface area contributed by atoms with E-state index in [-0.39, 0.29) is 34.6 Å². The van der Waals surface area contributed by atoms with Gasteiger partial charge in [-0.15, -0.1) is 0 Å². The molecule has 1 aromatic carbocycles. The van der Waals surface area contributed by atoms with Crippen molar-refractivity contribution in [1.29, 1.82) is 0 Å². The average molecular weight is 625 g/mol. The van der Waals surface area contributed by atoms with Crippen molar-refractivity contribution >= 4 is 62.5 Å². The van der Waals surface area contributed by atoms with E-state index in [1.165, 1.54) is 19.5 Å². The van der Waals surface area contributed by atoms with Crippen LogP contribution in [-0.2, 0) is 25.5 Å². The number of hydrogen-bond donors (Lipinski definition) is 2. The number of anilines is 1. The maximum atomic E-state index is 13.0. The number of benzene rings is 1. The minimum absolute atomic E-state index is 0.0979. The summed E-state index contributed by atoms with van der Waals surface area (Å²) in [6.45, 7) is 0.413. The van der Waals surface area contributed by atoms with Gasteiger partial charge in [0.1, 0.15) is 12.6 Å². The number of hydrogen-bond acceptors (Lipinski definition) is 7. The van der Waals surface area contributed by atoms with Gasteiger partial charge in [-0.05, 0) is 46.5 Å². The van der Waals surface area contributed by atoms with Gasteiger partial charge in [0.2, 0.25) is 0 Å².